The van der Waals surface area contributed by atoms with Crippen molar-refractivity contribution in [2.24, 2.45) is 0 Å². The van der Waals surface area contributed by atoms with Crippen LogP contribution in [0.25, 0.3) is 11.1 Å². The zero-order chi connectivity index (χ0) is 30.0. The fourth-order valence-corrected chi connectivity index (χ4v) is 7.38. The van der Waals surface area contributed by atoms with E-state index in [1.807, 2.05) is 30.5 Å². The predicted octanol–water partition coefficient (Wildman–Crippen LogP) is 8.49. The number of pyridine rings is 1. The Balaban J connectivity index is 0.00000312. The second-order valence-corrected chi connectivity index (χ2v) is 11.8. The Labute approximate surface area is 284 Å². The molecule has 0 N–H and O–H groups in total. The Morgan fingerprint density at radius 3 is 1.96 bits per heavy atom. The summed E-state index contributed by atoms with van der Waals surface area (Å²) in [5.41, 5.74) is 9.90. The molecule has 1 saturated heterocycles. The maximum Gasteiger partial charge on any atom is 0.140 e. The molecule has 3 heterocycles. The van der Waals surface area contributed by atoms with Crippen LogP contribution in [0.5, 0.6) is 11.5 Å². The molecule has 1 spiro atoms. The van der Waals surface area contributed by atoms with Crippen LogP contribution in [0.3, 0.4) is 0 Å². The number of fused-ring (bicyclic) bond motifs is 9. The van der Waals surface area contributed by atoms with E-state index in [0.717, 1.165) is 41.5 Å². The zero-order valence-electron chi connectivity index (χ0n) is 25.1. The van der Waals surface area contributed by atoms with E-state index in [0.29, 0.717) is 11.5 Å². The van der Waals surface area contributed by atoms with Gasteiger partial charge in [-0.15, -0.1) is 36.0 Å². The average molecular weight is 777 g/mol. The van der Waals surface area contributed by atoms with Crippen LogP contribution in [-0.4, -0.2) is 30.0 Å². The van der Waals surface area contributed by atoms with E-state index in [-0.39, 0.29) is 21.1 Å². The van der Waals surface area contributed by atoms with E-state index < -0.39 is 5.41 Å². The molecule has 2 aliphatic heterocycles. The van der Waals surface area contributed by atoms with E-state index in [9.17, 15) is 0 Å². The summed E-state index contributed by atoms with van der Waals surface area (Å²) in [5, 5.41) is 0. The van der Waals surface area contributed by atoms with Crippen molar-refractivity contribution in [1.82, 2.24) is 9.88 Å². The van der Waals surface area contributed by atoms with Crippen LogP contribution in [0.4, 0.5) is 22.9 Å². The molecule has 46 heavy (non-hydrogen) atoms. The van der Waals surface area contributed by atoms with Gasteiger partial charge in [0.05, 0.1) is 5.41 Å². The fraction of sp³-hybridized carbons (Fsp3) is 0.100. The van der Waals surface area contributed by atoms with E-state index in [4.69, 9.17) is 9.72 Å². The number of aromatic nitrogens is 1. The smallest absolute Gasteiger partial charge is 0.140 e. The number of likely N-dealkylation sites (N-methyl/N-ethyl adjacent to an activating group) is 1. The first-order valence-corrected chi connectivity index (χ1v) is 15.3. The molecular weight excluding hydrogens is 748 g/mol. The van der Waals surface area contributed by atoms with Crippen molar-refractivity contribution in [3.63, 3.8) is 0 Å². The van der Waals surface area contributed by atoms with Gasteiger partial charge in [-0.25, -0.2) is 4.98 Å². The van der Waals surface area contributed by atoms with Crippen molar-refractivity contribution in [2.75, 3.05) is 29.9 Å². The number of para-hydroxylation sites is 1. The minimum absolute atomic E-state index is 0. The third kappa shape index (κ3) is 4.26. The van der Waals surface area contributed by atoms with E-state index in [1.54, 1.807) is 0 Å². The molecule has 0 bridgehead atoms. The zero-order valence-corrected chi connectivity index (χ0v) is 27.4. The largest absolute Gasteiger partial charge is 0.528 e. The second-order valence-electron chi connectivity index (χ2n) is 11.8. The maximum absolute atomic E-state index is 6.39. The molecule has 228 valence electrons. The van der Waals surface area contributed by atoms with Gasteiger partial charge in [0.25, 0.3) is 0 Å². The van der Waals surface area contributed by atoms with E-state index >= 15 is 0 Å². The van der Waals surface area contributed by atoms with Crippen molar-refractivity contribution in [1.29, 1.82) is 0 Å². The molecule has 5 aromatic carbocycles. The summed E-state index contributed by atoms with van der Waals surface area (Å²) in [5.74, 6) is 2.16. The summed E-state index contributed by atoms with van der Waals surface area (Å²) in [6, 6.07) is 49.7. The van der Waals surface area contributed by atoms with Crippen molar-refractivity contribution in [3.05, 3.63) is 169 Å². The molecule has 0 radical (unpaired) electrons. The molecular formula is C40H29N4OPt-3. The molecule has 0 unspecified atom stereocenters. The second kappa shape index (κ2) is 11.3. The van der Waals surface area contributed by atoms with Gasteiger partial charge in [-0.1, -0.05) is 78.5 Å². The van der Waals surface area contributed by atoms with Gasteiger partial charge in [-0.05, 0) is 60.1 Å². The van der Waals surface area contributed by atoms with Gasteiger partial charge in [0.2, 0.25) is 0 Å². The number of ether oxygens (including phenoxy) is 1. The van der Waals surface area contributed by atoms with Gasteiger partial charge in [0, 0.05) is 50.0 Å². The molecule has 0 amide bonds. The molecule has 6 aromatic rings. The Hall–Kier alpha value is -4.70. The minimum atomic E-state index is -0.492. The number of hydrogen-bond acceptors (Lipinski definition) is 5. The first-order valence-electron chi connectivity index (χ1n) is 15.3. The molecule has 5 nitrogen and oxygen atoms in total. The molecule has 6 heteroatoms. The molecule has 1 aliphatic carbocycles. The van der Waals surface area contributed by atoms with Crippen LogP contribution < -0.4 is 14.5 Å². The summed E-state index contributed by atoms with van der Waals surface area (Å²) in [4.78, 5) is 11.7. The van der Waals surface area contributed by atoms with Gasteiger partial charge in [-0.3, -0.25) is 0 Å². The number of nitrogens with zero attached hydrogens (tertiary/aromatic N) is 4. The van der Waals surface area contributed by atoms with E-state index in [1.165, 1.54) is 27.8 Å². The predicted molar refractivity (Wildman–Crippen MR) is 178 cm³/mol. The standard InChI is InChI=1S/C40H29N4O.Pt/c1-42-23-24-43(27-42)28-11-8-13-30(25-28)45-31-14-9-12-29(26-31)44-38-21-7-6-19-36(38)40(37-20-10-22-41-39(37)44)34-17-4-2-15-32(34)33-16-3-5-18-35(33)40;/h2-22,27H,23-24H2,1H3;/q-3;. The quantitative estimate of drug-likeness (QED) is 0.168. The maximum atomic E-state index is 6.39. The number of hydrogen-bond donors (Lipinski definition) is 0. The molecule has 1 fully saturated rings. The average Bonchev–Trinajstić information content (AvgIpc) is 3.65. The first-order chi connectivity index (χ1) is 22.2. The van der Waals surface area contributed by atoms with Crippen molar-refractivity contribution in [3.8, 4) is 22.6 Å². The van der Waals surface area contributed by atoms with Crippen LogP contribution in [0.2, 0.25) is 0 Å². The van der Waals surface area contributed by atoms with Crippen LogP contribution in [0.1, 0.15) is 22.3 Å². The third-order valence-corrected chi connectivity index (χ3v) is 9.21. The Kier molecular flexibility index (Phi) is 7.05. The topological polar surface area (TPSA) is 31.8 Å². The summed E-state index contributed by atoms with van der Waals surface area (Å²) in [7, 11) is 2.08. The summed E-state index contributed by atoms with van der Waals surface area (Å²) in [6.45, 7) is 4.02. The fourth-order valence-electron chi connectivity index (χ4n) is 7.38. The van der Waals surface area contributed by atoms with Gasteiger partial charge < -0.3 is 19.4 Å². The Morgan fingerprint density at radius 1 is 0.652 bits per heavy atom. The number of benzene rings is 5. The minimum Gasteiger partial charge on any atom is -0.528 e. The Morgan fingerprint density at radius 2 is 1.26 bits per heavy atom. The number of rotatable bonds is 4. The van der Waals surface area contributed by atoms with Crippen molar-refractivity contribution < 1.29 is 25.8 Å². The first kappa shape index (κ1) is 28.8. The molecule has 0 saturated carbocycles. The van der Waals surface area contributed by atoms with E-state index in [2.05, 4.69) is 138 Å². The van der Waals surface area contributed by atoms with Gasteiger partial charge in [-0.2, -0.15) is 24.9 Å². The normalized spacial score (nSPS) is 15.5. The summed E-state index contributed by atoms with van der Waals surface area (Å²) < 4.78 is 6.39. The van der Waals surface area contributed by atoms with Crippen molar-refractivity contribution >= 4 is 22.9 Å². The van der Waals surface area contributed by atoms with Gasteiger partial charge in [0.15, 0.2) is 0 Å². The molecule has 1 aromatic heterocycles. The third-order valence-electron chi connectivity index (χ3n) is 9.21. The van der Waals surface area contributed by atoms with Crippen LogP contribution in [0, 0.1) is 18.8 Å². The molecule has 3 aliphatic rings. The van der Waals surface area contributed by atoms with Crippen LogP contribution >= 0.6 is 0 Å². The Bertz CT molecular complexity index is 2000. The number of anilines is 4. The summed E-state index contributed by atoms with van der Waals surface area (Å²) in [6.07, 6.45) is 1.88. The van der Waals surface area contributed by atoms with Gasteiger partial charge >= 0.3 is 0 Å². The van der Waals surface area contributed by atoms with Crippen LogP contribution in [0.15, 0.2) is 128 Å². The summed E-state index contributed by atoms with van der Waals surface area (Å²) >= 11 is 0. The molecule has 9 rings (SSSR count). The van der Waals surface area contributed by atoms with Gasteiger partial charge in [0.1, 0.15) is 5.82 Å². The van der Waals surface area contributed by atoms with Crippen molar-refractivity contribution in [2.45, 2.75) is 5.41 Å². The van der Waals surface area contributed by atoms with Crippen LogP contribution in [-0.2, 0) is 26.5 Å². The monoisotopic (exact) mass is 776 g/mol. The molecule has 0 atom stereocenters. The SMILES string of the molecule is CN1[CH-]N(c2[c-]c(Oc3[c-]c(N4c5ccccc5C5(c6ccccc6-c6ccccc65)c5cccnc54)ccc3)ccc2)CC1.[Pt].